The van der Waals surface area contributed by atoms with Crippen LogP contribution in [0.2, 0.25) is 0 Å². The molecule has 3 rings (SSSR count). The average Bonchev–Trinajstić information content (AvgIpc) is 3.07. The predicted octanol–water partition coefficient (Wildman–Crippen LogP) is 1.79. The fourth-order valence-corrected chi connectivity index (χ4v) is 2.92. The van der Waals surface area contributed by atoms with Crippen LogP contribution in [0.15, 0.2) is 28.8 Å². The van der Waals surface area contributed by atoms with Gasteiger partial charge in [-0.2, -0.15) is 4.98 Å². The number of halogens is 1. The second kappa shape index (κ2) is 8.15. The number of nitrogens with one attached hydrogen (secondary N) is 2. The maximum Gasteiger partial charge on any atom is 0.318 e. The van der Waals surface area contributed by atoms with Crippen LogP contribution in [-0.4, -0.2) is 40.1 Å². The summed E-state index contributed by atoms with van der Waals surface area (Å²) in [6.07, 6.45) is 0.691. The number of urea groups is 1. The van der Waals surface area contributed by atoms with Gasteiger partial charge in [-0.25, -0.2) is 9.18 Å². The van der Waals surface area contributed by atoms with Crippen molar-refractivity contribution in [3.05, 3.63) is 47.4 Å². The van der Waals surface area contributed by atoms with Crippen LogP contribution in [-0.2, 0) is 17.8 Å². The molecule has 27 heavy (non-hydrogen) atoms. The molecule has 1 aromatic carbocycles. The van der Waals surface area contributed by atoms with Crippen molar-refractivity contribution in [2.45, 2.75) is 32.9 Å². The van der Waals surface area contributed by atoms with Crippen LogP contribution in [0.5, 0.6) is 0 Å². The first-order chi connectivity index (χ1) is 12.9. The van der Waals surface area contributed by atoms with Crippen LogP contribution >= 0.6 is 0 Å². The molecule has 0 bridgehead atoms. The van der Waals surface area contributed by atoms with Gasteiger partial charge in [0.1, 0.15) is 11.9 Å². The molecule has 0 unspecified atom stereocenters. The second-order valence-corrected chi connectivity index (χ2v) is 6.80. The number of aromatic nitrogens is 2. The molecule has 144 valence electrons. The number of benzene rings is 1. The number of amides is 3. The van der Waals surface area contributed by atoms with Crippen molar-refractivity contribution >= 4 is 11.9 Å². The lowest BCUT2D eigenvalue weighted by Crippen LogP contribution is -2.54. The van der Waals surface area contributed by atoms with E-state index in [1.165, 1.54) is 29.2 Å². The van der Waals surface area contributed by atoms with Crippen molar-refractivity contribution in [2.24, 2.45) is 5.92 Å². The zero-order valence-corrected chi connectivity index (χ0v) is 15.2. The summed E-state index contributed by atoms with van der Waals surface area (Å²) in [5.74, 6) is 0.586. The first-order valence-corrected chi connectivity index (χ1v) is 8.83. The quantitative estimate of drug-likeness (QED) is 0.830. The second-order valence-electron chi connectivity index (χ2n) is 6.80. The van der Waals surface area contributed by atoms with Crippen LogP contribution in [0.1, 0.15) is 37.2 Å². The third kappa shape index (κ3) is 4.60. The molecule has 8 nitrogen and oxygen atoms in total. The largest absolute Gasteiger partial charge is 0.352 e. The minimum Gasteiger partial charge on any atom is -0.352 e. The smallest absolute Gasteiger partial charge is 0.318 e. The van der Waals surface area contributed by atoms with Gasteiger partial charge in [-0.3, -0.25) is 4.79 Å². The molecule has 2 N–H and O–H groups in total. The highest BCUT2D eigenvalue weighted by Crippen LogP contribution is 2.23. The fourth-order valence-electron chi connectivity index (χ4n) is 2.92. The first-order valence-electron chi connectivity index (χ1n) is 8.83. The summed E-state index contributed by atoms with van der Waals surface area (Å²) in [7, 11) is 0. The third-order valence-electron chi connectivity index (χ3n) is 4.15. The standard InChI is InChI=1S/C18H22FN5O3/c1-11(2)9-14-22-15(27-23-14)10-21-18(26)24-8-7-20-17(25)16(24)12-3-5-13(19)6-4-12/h3-6,11,16H,7-10H2,1-2H3,(H,20,25)(H,21,26)/t16-/m1/s1. The molecular weight excluding hydrogens is 353 g/mol. The number of hydrogen-bond acceptors (Lipinski definition) is 5. The van der Waals surface area contributed by atoms with E-state index in [1.807, 2.05) is 0 Å². The SMILES string of the molecule is CC(C)Cc1noc(CNC(=O)N2CCNC(=O)[C@H]2c2ccc(F)cc2)n1. The molecule has 1 saturated heterocycles. The molecule has 9 heteroatoms. The van der Waals surface area contributed by atoms with Crippen molar-refractivity contribution in [3.63, 3.8) is 0 Å². The van der Waals surface area contributed by atoms with E-state index in [0.717, 1.165) is 0 Å². The normalized spacial score (nSPS) is 17.1. The van der Waals surface area contributed by atoms with Gasteiger partial charge in [0.05, 0.1) is 6.54 Å². The first kappa shape index (κ1) is 18.8. The minimum absolute atomic E-state index is 0.0676. The van der Waals surface area contributed by atoms with E-state index in [0.29, 0.717) is 42.7 Å². The van der Waals surface area contributed by atoms with Crippen molar-refractivity contribution < 1.29 is 18.5 Å². The van der Waals surface area contributed by atoms with Crippen LogP contribution in [0.25, 0.3) is 0 Å². The van der Waals surface area contributed by atoms with E-state index in [9.17, 15) is 14.0 Å². The lowest BCUT2D eigenvalue weighted by atomic mass is 10.0. The third-order valence-corrected chi connectivity index (χ3v) is 4.15. The maximum atomic E-state index is 13.2. The van der Waals surface area contributed by atoms with E-state index in [1.54, 1.807) is 0 Å². The highest BCUT2D eigenvalue weighted by atomic mass is 19.1. The van der Waals surface area contributed by atoms with Gasteiger partial charge in [0.2, 0.25) is 11.8 Å². The summed E-state index contributed by atoms with van der Waals surface area (Å²) in [5, 5.41) is 9.31. The molecule has 1 aliphatic rings. The van der Waals surface area contributed by atoms with Gasteiger partial charge < -0.3 is 20.1 Å². The Morgan fingerprint density at radius 1 is 1.41 bits per heavy atom. The molecule has 2 aromatic rings. The van der Waals surface area contributed by atoms with Gasteiger partial charge in [0.15, 0.2) is 5.82 Å². The predicted molar refractivity (Wildman–Crippen MR) is 93.9 cm³/mol. The highest BCUT2D eigenvalue weighted by molar-refractivity contribution is 5.89. The maximum absolute atomic E-state index is 13.2. The summed E-state index contributed by atoms with van der Waals surface area (Å²) in [6, 6.07) is 4.29. The summed E-state index contributed by atoms with van der Waals surface area (Å²) in [5.41, 5.74) is 0.542. The summed E-state index contributed by atoms with van der Waals surface area (Å²) >= 11 is 0. The van der Waals surface area contributed by atoms with Gasteiger partial charge in [0.25, 0.3) is 0 Å². The Kier molecular flexibility index (Phi) is 5.68. The topological polar surface area (TPSA) is 100 Å². The van der Waals surface area contributed by atoms with E-state index in [-0.39, 0.29) is 12.5 Å². The van der Waals surface area contributed by atoms with Crippen molar-refractivity contribution in [1.82, 2.24) is 25.7 Å². The van der Waals surface area contributed by atoms with Crippen LogP contribution < -0.4 is 10.6 Å². The summed E-state index contributed by atoms with van der Waals surface area (Å²) < 4.78 is 18.3. The van der Waals surface area contributed by atoms with Gasteiger partial charge in [-0.1, -0.05) is 31.1 Å². The molecule has 0 saturated carbocycles. The number of rotatable bonds is 5. The Balaban J connectivity index is 1.67. The van der Waals surface area contributed by atoms with E-state index in [2.05, 4.69) is 34.6 Å². The lowest BCUT2D eigenvalue weighted by Gasteiger charge is -2.35. The van der Waals surface area contributed by atoms with Gasteiger partial charge in [0, 0.05) is 19.5 Å². The Hall–Kier alpha value is -2.97. The fraction of sp³-hybridized carbons (Fsp3) is 0.444. The Morgan fingerprint density at radius 2 is 2.15 bits per heavy atom. The van der Waals surface area contributed by atoms with Crippen LogP contribution in [0.3, 0.4) is 0 Å². The molecule has 2 heterocycles. The Labute approximate surface area is 156 Å². The molecule has 1 aromatic heterocycles. The summed E-state index contributed by atoms with van der Waals surface area (Å²) in [4.78, 5) is 30.6. The number of nitrogens with zero attached hydrogens (tertiary/aromatic N) is 3. The number of carbonyl (C=O) groups excluding carboxylic acids is 2. The molecule has 0 aliphatic carbocycles. The molecule has 1 aliphatic heterocycles. The lowest BCUT2D eigenvalue weighted by molar-refractivity contribution is -0.127. The molecule has 1 atom stereocenters. The van der Waals surface area contributed by atoms with E-state index in [4.69, 9.17) is 4.52 Å². The van der Waals surface area contributed by atoms with Gasteiger partial charge >= 0.3 is 6.03 Å². The van der Waals surface area contributed by atoms with Crippen LogP contribution in [0.4, 0.5) is 9.18 Å². The zero-order chi connectivity index (χ0) is 19.4. The van der Waals surface area contributed by atoms with Gasteiger partial charge in [-0.05, 0) is 23.6 Å². The average molecular weight is 375 g/mol. The van der Waals surface area contributed by atoms with Gasteiger partial charge in [-0.15, -0.1) is 0 Å². The highest BCUT2D eigenvalue weighted by Gasteiger charge is 2.34. The Morgan fingerprint density at radius 3 is 2.85 bits per heavy atom. The number of carbonyl (C=O) groups is 2. The molecule has 0 spiro atoms. The van der Waals surface area contributed by atoms with E-state index < -0.39 is 17.9 Å². The van der Waals surface area contributed by atoms with Crippen LogP contribution in [0, 0.1) is 11.7 Å². The Bertz CT molecular complexity index is 806. The minimum atomic E-state index is -0.821. The molecule has 0 radical (unpaired) electrons. The zero-order valence-electron chi connectivity index (χ0n) is 15.2. The number of hydrogen-bond donors (Lipinski definition) is 2. The molecular formula is C18H22FN5O3. The molecule has 3 amide bonds. The molecule has 1 fully saturated rings. The number of piperazine rings is 1. The van der Waals surface area contributed by atoms with E-state index >= 15 is 0 Å². The monoisotopic (exact) mass is 375 g/mol. The van der Waals surface area contributed by atoms with Crippen molar-refractivity contribution in [3.8, 4) is 0 Å². The van der Waals surface area contributed by atoms with Crippen molar-refractivity contribution in [2.75, 3.05) is 13.1 Å². The summed E-state index contributed by atoms with van der Waals surface area (Å²) in [6.45, 7) is 4.85. The van der Waals surface area contributed by atoms with Crippen molar-refractivity contribution in [1.29, 1.82) is 0 Å².